The molecule has 110 valence electrons. The number of hydrogen-bond donors (Lipinski definition) is 0. The molecule has 4 nitrogen and oxygen atoms in total. The largest absolute Gasteiger partial charge is 0.337 e. The molecule has 1 saturated heterocycles. The van der Waals surface area contributed by atoms with Crippen LogP contribution in [-0.2, 0) is 6.42 Å². The third-order valence-electron chi connectivity index (χ3n) is 3.98. The molecule has 1 atom stereocenters. The normalized spacial score (nSPS) is 18.1. The first kappa shape index (κ1) is 14.2. The Morgan fingerprint density at radius 1 is 1.38 bits per heavy atom. The van der Waals surface area contributed by atoms with Gasteiger partial charge in [-0.25, -0.2) is 0 Å². The Bertz CT molecular complexity index is 611. The predicted octanol–water partition coefficient (Wildman–Crippen LogP) is 3.12. The van der Waals surface area contributed by atoms with Crippen molar-refractivity contribution in [1.82, 2.24) is 14.5 Å². The monoisotopic (exact) mass is 301 g/mol. The Kier molecular flexibility index (Phi) is 4.29. The van der Waals surface area contributed by atoms with Gasteiger partial charge in [-0.15, -0.1) is 5.10 Å². The van der Waals surface area contributed by atoms with E-state index in [0.717, 1.165) is 42.9 Å². The number of hydrogen-bond acceptors (Lipinski definition) is 4. The molecule has 1 amide bonds. The van der Waals surface area contributed by atoms with Crippen molar-refractivity contribution >= 4 is 17.4 Å². The van der Waals surface area contributed by atoms with E-state index in [2.05, 4.69) is 40.8 Å². The molecule has 0 spiro atoms. The van der Waals surface area contributed by atoms with Crippen molar-refractivity contribution in [3.8, 4) is 0 Å². The number of amides is 1. The smallest absolute Gasteiger partial charge is 0.267 e. The van der Waals surface area contributed by atoms with Crippen molar-refractivity contribution < 1.29 is 4.79 Å². The molecule has 0 radical (unpaired) electrons. The standard InChI is InChI=1S/C16H19N3OS/c1-2-6-14-15(21-18-17-14)16(20)19-10-9-13(11-19)12-7-4-3-5-8-12/h3-5,7-8,13H,2,6,9-11H2,1H3/t13-/m0/s1. The summed E-state index contributed by atoms with van der Waals surface area (Å²) >= 11 is 1.23. The van der Waals surface area contributed by atoms with Crippen molar-refractivity contribution in [2.75, 3.05) is 13.1 Å². The molecule has 0 saturated carbocycles. The second-order valence-corrected chi connectivity index (χ2v) is 6.20. The lowest BCUT2D eigenvalue weighted by atomic mass is 9.99. The van der Waals surface area contributed by atoms with Gasteiger partial charge in [0, 0.05) is 19.0 Å². The van der Waals surface area contributed by atoms with E-state index in [9.17, 15) is 4.79 Å². The molecule has 1 aromatic heterocycles. The summed E-state index contributed by atoms with van der Waals surface area (Å²) in [5.41, 5.74) is 2.18. The molecule has 1 aromatic carbocycles. The van der Waals surface area contributed by atoms with E-state index in [0.29, 0.717) is 5.92 Å². The zero-order chi connectivity index (χ0) is 14.7. The molecule has 1 fully saturated rings. The van der Waals surface area contributed by atoms with Gasteiger partial charge < -0.3 is 4.90 Å². The third-order valence-corrected chi connectivity index (χ3v) is 4.74. The Labute approximate surface area is 129 Å². The van der Waals surface area contributed by atoms with Gasteiger partial charge in [-0.3, -0.25) is 4.79 Å². The van der Waals surface area contributed by atoms with Crippen LogP contribution in [0.5, 0.6) is 0 Å². The second kappa shape index (κ2) is 6.35. The van der Waals surface area contributed by atoms with Gasteiger partial charge in [0.25, 0.3) is 5.91 Å². The Morgan fingerprint density at radius 3 is 2.95 bits per heavy atom. The Morgan fingerprint density at radius 2 is 2.19 bits per heavy atom. The topological polar surface area (TPSA) is 46.1 Å². The molecule has 3 rings (SSSR count). The first-order chi connectivity index (χ1) is 10.3. The average molecular weight is 301 g/mol. The summed E-state index contributed by atoms with van der Waals surface area (Å²) in [5, 5.41) is 4.10. The number of aryl methyl sites for hydroxylation is 1. The summed E-state index contributed by atoms with van der Waals surface area (Å²) in [6.45, 7) is 3.71. The minimum atomic E-state index is 0.104. The van der Waals surface area contributed by atoms with Gasteiger partial charge in [-0.05, 0) is 29.9 Å². The predicted molar refractivity (Wildman–Crippen MR) is 83.6 cm³/mol. The highest BCUT2D eigenvalue weighted by atomic mass is 32.1. The fourth-order valence-corrected chi connectivity index (χ4v) is 3.53. The zero-order valence-corrected chi connectivity index (χ0v) is 13.0. The molecule has 0 unspecified atom stereocenters. The van der Waals surface area contributed by atoms with E-state index in [1.807, 2.05) is 11.0 Å². The second-order valence-electron chi connectivity index (χ2n) is 5.45. The molecule has 0 aliphatic carbocycles. The van der Waals surface area contributed by atoms with Gasteiger partial charge in [-0.2, -0.15) is 0 Å². The van der Waals surface area contributed by atoms with Crippen molar-refractivity contribution in [1.29, 1.82) is 0 Å². The maximum absolute atomic E-state index is 12.6. The lowest BCUT2D eigenvalue weighted by Gasteiger charge is -2.16. The number of nitrogens with zero attached hydrogens (tertiary/aromatic N) is 3. The molecule has 1 aliphatic rings. The highest BCUT2D eigenvalue weighted by molar-refractivity contribution is 7.08. The Hall–Kier alpha value is -1.75. The van der Waals surface area contributed by atoms with Crippen molar-refractivity contribution in [3.63, 3.8) is 0 Å². The number of likely N-dealkylation sites (tertiary alicyclic amines) is 1. The molecular formula is C16H19N3OS. The van der Waals surface area contributed by atoms with Crippen LogP contribution in [-0.4, -0.2) is 33.5 Å². The van der Waals surface area contributed by atoms with Gasteiger partial charge >= 0.3 is 0 Å². The van der Waals surface area contributed by atoms with Crippen LogP contribution in [0.1, 0.15) is 46.6 Å². The van der Waals surface area contributed by atoms with E-state index in [1.165, 1.54) is 17.1 Å². The summed E-state index contributed by atoms with van der Waals surface area (Å²) in [6.07, 6.45) is 2.84. The van der Waals surface area contributed by atoms with Crippen molar-refractivity contribution in [2.45, 2.75) is 32.1 Å². The number of aromatic nitrogens is 2. The van der Waals surface area contributed by atoms with Gasteiger partial charge in [0.15, 0.2) is 0 Å². The summed E-state index contributed by atoms with van der Waals surface area (Å²) in [7, 11) is 0. The zero-order valence-electron chi connectivity index (χ0n) is 12.2. The highest BCUT2D eigenvalue weighted by Gasteiger charge is 2.30. The fraction of sp³-hybridized carbons (Fsp3) is 0.438. The van der Waals surface area contributed by atoms with Crippen LogP contribution >= 0.6 is 11.5 Å². The first-order valence-corrected chi connectivity index (χ1v) is 8.22. The summed E-state index contributed by atoms with van der Waals surface area (Å²) in [6, 6.07) is 10.4. The van der Waals surface area contributed by atoms with E-state index < -0.39 is 0 Å². The van der Waals surface area contributed by atoms with Crippen molar-refractivity contribution in [2.24, 2.45) is 0 Å². The Balaban J connectivity index is 1.71. The average Bonchev–Trinajstić information content (AvgIpc) is 3.17. The van der Waals surface area contributed by atoms with Crippen molar-refractivity contribution in [3.05, 3.63) is 46.5 Å². The number of rotatable bonds is 4. The van der Waals surface area contributed by atoms with E-state index in [-0.39, 0.29) is 5.91 Å². The molecule has 1 aliphatic heterocycles. The molecule has 21 heavy (non-hydrogen) atoms. The number of carbonyl (C=O) groups is 1. The molecule has 5 heteroatoms. The van der Waals surface area contributed by atoms with E-state index in [1.54, 1.807) is 0 Å². The van der Waals surface area contributed by atoms with Crippen LogP contribution in [0.15, 0.2) is 30.3 Å². The first-order valence-electron chi connectivity index (χ1n) is 7.45. The van der Waals surface area contributed by atoms with Gasteiger partial charge in [-0.1, -0.05) is 48.2 Å². The lowest BCUT2D eigenvalue weighted by molar-refractivity contribution is 0.0794. The van der Waals surface area contributed by atoms with Crippen LogP contribution in [0.25, 0.3) is 0 Å². The maximum atomic E-state index is 12.6. The van der Waals surface area contributed by atoms with Crippen LogP contribution in [0.2, 0.25) is 0 Å². The molecule has 0 bridgehead atoms. The van der Waals surface area contributed by atoms with Crippen LogP contribution in [0.3, 0.4) is 0 Å². The minimum absolute atomic E-state index is 0.104. The molecule has 0 N–H and O–H groups in total. The summed E-state index contributed by atoms with van der Waals surface area (Å²) < 4.78 is 3.95. The molecule has 2 heterocycles. The van der Waals surface area contributed by atoms with Gasteiger partial charge in [0.05, 0.1) is 5.69 Å². The summed E-state index contributed by atoms with van der Waals surface area (Å²) in [5.74, 6) is 0.553. The highest BCUT2D eigenvalue weighted by Crippen LogP contribution is 2.28. The third kappa shape index (κ3) is 2.97. The quantitative estimate of drug-likeness (QED) is 0.871. The maximum Gasteiger partial charge on any atom is 0.267 e. The number of benzene rings is 1. The minimum Gasteiger partial charge on any atom is -0.337 e. The van der Waals surface area contributed by atoms with Gasteiger partial charge in [0.1, 0.15) is 4.88 Å². The molecule has 2 aromatic rings. The lowest BCUT2D eigenvalue weighted by Crippen LogP contribution is -2.28. The van der Waals surface area contributed by atoms with Crippen LogP contribution in [0, 0.1) is 0 Å². The SMILES string of the molecule is CCCc1nnsc1C(=O)N1CC[C@H](c2ccccc2)C1. The fourth-order valence-electron chi connectivity index (χ4n) is 2.86. The molecular weight excluding hydrogens is 282 g/mol. The van der Waals surface area contributed by atoms with E-state index >= 15 is 0 Å². The van der Waals surface area contributed by atoms with Crippen LogP contribution < -0.4 is 0 Å². The van der Waals surface area contributed by atoms with E-state index in [4.69, 9.17) is 0 Å². The van der Waals surface area contributed by atoms with Crippen LogP contribution in [0.4, 0.5) is 0 Å². The number of carbonyl (C=O) groups excluding carboxylic acids is 1. The summed E-state index contributed by atoms with van der Waals surface area (Å²) in [4.78, 5) is 15.3. The van der Waals surface area contributed by atoms with Gasteiger partial charge in [0.2, 0.25) is 0 Å².